The van der Waals surface area contributed by atoms with Gasteiger partial charge < -0.3 is 15.2 Å². The summed E-state index contributed by atoms with van der Waals surface area (Å²) in [6, 6.07) is 1.40. The van der Waals surface area contributed by atoms with Crippen LogP contribution in [0.1, 0.15) is 0 Å². The summed E-state index contributed by atoms with van der Waals surface area (Å²) in [4.78, 5) is 27.8. The summed E-state index contributed by atoms with van der Waals surface area (Å²) in [5, 5.41) is 12.0. The SMILES string of the molecule is O=C(NCCOCCO)C1CSc2nccc(=O)n2C1. The predicted molar refractivity (Wildman–Crippen MR) is 73.6 cm³/mol. The molecule has 0 aromatic carbocycles. The molecule has 1 unspecified atom stereocenters. The average molecular weight is 299 g/mol. The molecule has 7 nitrogen and oxygen atoms in total. The molecule has 1 aliphatic rings. The molecule has 0 aliphatic carbocycles. The van der Waals surface area contributed by atoms with Gasteiger partial charge in [-0.15, -0.1) is 0 Å². The molecule has 0 fully saturated rings. The molecular weight excluding hydrogens is 282 g/mol. The van der Waals surface area contributed by atoms with Gasteiger partial charge in [-0.1, -0.05) is 11.8 Å². The first-order chi connectivity index (χ1) is 9.72. The normalized spacial score (nSPS) is 17.6. The first-order valence-corrected chi connectivity index (χ1v) is 7.36. The predicted octanol–water partition coefficient (Wildman–Crippen LogP) is -0.910. The number of aliphatic hydroxyl groups is 1. The topological polar surface area (TPSA) is 93.5 Å². The van der Waals surface area contributed by atoms with E-state index in [4.69, 9.17) is 9.84 Å². The van der Waals surface area contributed by atoms with E-state index in [1.807, 2.05) is 0 Å². The van der Waals surface area contributed by atoms with Crippen LogP contribution in [0.15, 0.2) is 22.2 Å². The molecule has 2 rings (SSSR count). The number of nitrogens with one attached hydrogen (secondary N) is 1. The van der Waals surface area contributed by atoms with Crippen molar-refractivity contribution in [2.45, 2.75) is 11.7 Å². The highest BCUT2D eigenvalue weighted by molar-refractivity contribution is 7.99. The maximum Gasteiger partial charge on any atom is 0.254 e. The second-order valence-electron chi connectivity index (χ2n) is 4.31. The van der Waals surface area contributed by atoms with Gasteiger partial charge in [0.2, 0.25) is 5.91 Å². The second-order valence-corrected chi connectivity index (χ2v) is 5.30. The number of aliphatic hydroxyl groups excluding tert-OH is 1. The second kappa shape index (κ2) is 7.41. The van der Waals surface area contributed by atoms with E-state index in [2.05, 4.69) is 10.3 Å². The molecule has 0 spiro atoms. The van der Waals surface area contributed by atoms with Crippen molar-refractivity contribution in [2.75, 3.05) is 32.1 Å². The summed E-state index contributed by atoms with van der Waals surface area (Å²) in [6.07, 6.45) is 1.49. The third-order valence-corrected chi connectivity index (χ3v) is 4.02. The Hall–Kier alpha value is -1.38. The zero-order valence-corrected chi connectivity index (χ0v) is 11.8. The van der Waals surface area contributed by atoms with E-state index in [1.165, 1.54) is 28.6 Å². The summed E-state index contributed by atoms with van der Waals surface area (Å²) >= 11 is 1.41. The van der Waals surface area contributed by atoms with Crippen LogP contribution >= 0.6 is 11.8 Å². The fourth-order valence-corrected chi connectivity index (χ4v) is 2.93. The Morgan fingerprint density at radius 2 is 2.45 bits per heavy atom. The number of thioether (sulfide) groups is 1. The Balaban J connectivity index is 1.84. The van der Waals surface area contributed by atoms with Crippen LogP contribution in [0.3, 0.4) is 0 Å². The first kappa shape index (κ1) is 15.0. The van der Waals surface area contributed by atoms with Crippen molar-refractivity contribution in [2.24, 2.45) is 5.92 Å². The lowest BCUT2D eigenvalue weighted by atomic mass is 10.1. The molecule has 2 heterocycles. The maximum absolute atomic E-state index is 12.0. The number of ether oxygens (including phenoxy) is 1. The highest BCUT2D eigenvalue weighted by Crippen LogP contribution is 2.24. The lowest BCUT2D eigenvalue weighted by molar-refractivity contribution is -0.125. The van der Waals surface area contributed by atoms with E-state index in [0.717, 1.165) is 0 Å². The maximum atomic E-state index is 12.0. The summed E-state index contributed by atoms with van der Waals surface area (Å²) in [6.45, 7) is 1.36. The van der Waals surface area contributed by atoms with Gasteiger partial charge in [0, 0.05) is 31.1 Å². The monoisotopic (exact) mass is 299 g/mol. The molecule has 0 saturated heterocycles. The van der Waals surface area contributed by atoms with Crippen molar-refractivity contribution in [3.05, 3.63) is 22.6 Å². The van der Waals surface area contributed by atoms with E-state index in [-0.39, 0.29) is 30.6 Å². The van der Waals surface area contributed by atoms with Crippen molar-refractivity contribution < 1.29 is 14.6 Å². The van der Waals surface area contributed by atoms with Crippen molar-refractivity contribution in [3.8, 4) is 0 Å². The lowest BCUT2D eigenvalue weighted by Gasteiger charge is -2.23. The molecule has 1 aromatic rings. The van der Waals surface area contributed by atoms with Crippen LogP contribution in [0.25, 0.3) is 0 Å². The van der Waals surface area contributed by atoms with Gasteiger partial charge in [0.25, 0.3) is 5.56 Å². The van der Waals surface area contributed by atoms with Gasteiger partial charge in [0.1, 0.15) is 0 Å². The molecule has 110 valence electrons. The minimum Gasteiger partial charge on any atom is -0.394 e. The molecule has 1 amide bonds. The molecule has 0 radical (unpaired) electrons. The van der Waals surface area contributed by atoms with Crippen molar-refractivity contribution in [3.63, 3.8) is 0 Å². The average Bonchev–Trinajstić information content (AvgIpc) is 2.47. The largest absolute Gasteiger partial charge is 0.394 e. The molecule has 20 heavy (non-hydrogen) atoms. The zero-order chi connectivity index (χ0) is 14.4. The minimum atomic E-state index is -0.243. The molecule has 1 aromatic heterocycles. The van der Waals surface area contributed by atoms with Crippen LogP contribution in [0.2, 0.25) is 0 Å². The van der Waals surface area contributed by atoms with Gasteiger partial charge in [-0.2, -0.15) is 0 Å². The minimum absolute atomic E-state index is 0.0279. The molecule has 2 N–H and O–H groups in total. The zero-order valence-electron chi connectivity index (χ0n) is 10.9. The number of fused-ring (bicyclic) bond motifs is 1. The number of aromatic nitrogens is 2. The van der Waals surface area contributed by atoms with Crippen LogP contribution < -0.4 is 10.9 Å². The van der Waals surface area contributed by atoms with Gasteiger partial charge in [-0.05, 0) is 0 Å². The first-order valence-electron chi connectivity index (χ1n) is 6.37. The number of hydrogen-bond donors (Lipinski definition) is 2. The van der Waals surface area contributed by atoms with Crippen molar-refractivity contribution >= 4 is 17.7 Å². The fourth-order valence-electron chi connectivity index (χ4n) is 1.87. The Morgan fingerprint density at radius 1 is 1.60 bits per heavy atom. The van der Waals surface area contributed by atoms with Crippen LogP contribution in [-0.4, -0.2) is 52.7 Å². The fraction of sp³-hybridized carbons (Fsp3) is 0.583. The van der Waals surface area contributed by atoms with Crippen molar-refractivity contribution in [1.29, 1.82) is 0 Å². The van der Waals surface area contributed by atoms with E-state index in [0.29, 0.717) is 30.6 Å². The smallest absolute Gasteiger partial charge is 0.254 e. The molecule has 8 heteroatoms. The molecule has 0 saturated carbocycles. The Bertz CT molecular complexity index is 520. The number of amides is 1. The lowest BCUT2D eigenvalue weighted by Crippen LogP contribution is -2.40. The van der Waals surface area contributed by atoms with Gasteiger partial charge in [-0.25, -0.2) is 4.98 Å². The number of nitrogens with zero attached hydrogens (tertiary/aromatic N) is 2. The number of hydrogen-bond acceptors (Lipinski definition) is 6. The molecule has 1 atom stereocenters. The molecule has 1 aliphatic heterocycles. The highest BCUT2D eigenvalue weighted by Gasteiger charge is 2.25. The van der Waals surface area contributed by atoms with Crippen LogP contribution in [-0.2, 0) is 16.1 Å². The number of carbonyl (C=O) groups is 1. The van der Waals surface area contributed by atoms with Crippen LogP contribution in [0.5, 0.6) is 0 Å². The third kappa shape index (κ3) is 3.81. The molecule has 0 bridgehead atoms. The number of carbonyl (C=O) groups excluding carboxylic acids is 1. The van der Waals surface area contributed by atoms with Crippen LogP contribution in [0, 0.1) is 5.92 Å². The van der Waals surface area contributed by atoms with Gasteiger partial charge >= 0.3 is 0 Å². The van der Waals surface area contributed by atoms with Gasteiger partial charge in [-0.3, -0.25) is 14.2 Å². The third-order valence-electron chi connectivity index (χ3n) is 2.87. The summed E-state index contributed by atoms with van der Waals surface area (Å²) in [5.41, 5.74) is -0.133. The highest BCUT2D eigenvalue weighted by atomic mass is 32.2. The quantitative estimate of drug-likeness (QED) is 0.522. The van der Waals surface area contributed by atoms with Gasteiger partial charge in [0.05, 0.1) is 25.7 Å². The van der Waals surface area contributed by atoms with Crippen molar-refractivity contribution in [1.82, 2.24) is 14.9 Å². The Morgan fingerprint density at radius 3 is 3.25 bits per heavy atom. The number of rotatable bonds is 6. The Kier molecular flexibility index (Phi) is 5.57. The Labute approximate surface area is 120 Å². The van der Waals surface area contributed by atoms with E-state index >= 15 is 0 Å². The van der Waals surface area contributed by atoms with E-state index in [9.17, 15) is 9.59 Å². The van der Waals surface area contributed by atoms with Crippen LogP contribution in [0.4, 0.5) is 0 Å². The molecular formula is C12H17N3O4S. The standard InChI is InChI=1S/C12H17N3O4S/c16-4-6-19-5-3-13-11(18)9-7-15-10(17)1-2-14-12(15)20-8-9/h1-2,9,16H,3-8H2,(H,13,18). The van der Waals surface area contributed by atoms with E-state index < -0.39 is 0 Å². The van der Waals surface area contributed by atoms with Gasteiger partial charge in [0.15, 0.2) is 5.16 Å². The summed E-state index contributed by atoms with van der Waals surface area (Å²) < 4.78 is 6.59. The summed E-state index contributed by atoms with van der Waals surface area (Å²) in [5.74, 6) is 0.276. The summed E-state index contributed by atoms with van der Waals surface area (Å²) in [7, 11) is 0. The van der Waals surface area contributed by atoms with E-state index in [1.54, 1.807) is 0 Å².